The number of oxime groups is 1. The molecule has 13 nitrogen and oxygen atoms in total. The summed E-state index contributed by atoms with van der Waals surface area (Å²) in [6.45, 7) is 3.04. The Labute approximate surface area is 342 Å². The van der Waals surface area contributed by atoms with Gasteiger partial charge in [-0.1, -0.05) is 121 Å². The van der Waals surface area contributed by atoms with E-state index in [0.29, 0.717) is 5.57 Å². The molecule has 1 unspecified atom stereocenters. The minimum Gasteiger partial charge on any atom is -0.425 e. The summed E-state index contributed by atoms with van der Waals surface area (Å²) in [4.78, 5) is 70.5. The van der Waals surface area contributed by atoms with Gasteiger partial charge in [-0.2, -0.15) is 0 Å². The van der Waals surface area contributed by atoms with Crippen LogP contribution >= 0.6 is 23.1 Å². The lowest BCUT2D eigenvalue weighted by Crippen LogP contribution is -2.71. The van der Waals surface area contributed by atoms with E-state index in [1.807, 2.05) is 97.1 Å². The molecule has 3 atom stereocenters. The minimum absolute atomic E-state index is 0.0262. The molecule has 0 spiro atoms. The van der Waals surface area contributed by atoms with Crippen molar-refractivity contribution in [2.45, 2.75) is 43.6 Å². The SMILES string of the molecule is CCC(=O)OC(C)OC(=O)C1=C(/C=C\c2cccnc2)CS[C@@H]2[C@H](NC(=O)C(=NOC(c3ccccc3)(c3ccccc3)c3ccccc3)c3csc(N)n3)C(=O)N12. The van der Waals surface area contributed by atoms with Crippen molar-refractivity contribution in [1.29, 1.82) is 0 Å². The molecule has 0 aliphatic carbocycles. The second kappa shape index (κ2) is 17.7. The van der Waals surface area contributed by atoms with E-state index >= 15 is 0 Å². The highest BCUT2D eigenvalue weighted by atomic mass is 32.2. The maximum atomic E-state index is 14.4. The molecule has 2 aromatic heterocycles. The number of carbonyl (C=O) groups is 4. The summed E-state index contributed by atoms with van der Waals surface area (Å²) in [5.41, 5.74) is 8.13. The molecule has 3 N–H and O–H groups in total. The number of thioether (sulfide) groups is 1. The van der Waals surface area contributed by atoms with E-state index in [1.165, 1.54) is 23.6 Å². The smallest absolute Gasteiger partial charge is 0.358 e. The van der Waals surface area contributed by atoms with Crippen molar-refractivity contribution in [3.8, 4) is 0 Å². The predicted molar refractivity (Wildman–Crippen MR) is 221 cm³/mol. The highest BCUT2D eigenvalue weighted by molar-refractivity contribution is 8.00. The van der Waals surface area contributed by atoms with Crippen molar-refractivity contribution < 1.29 is 33.5 Å². The molecule has 0 saturated carbocycles. The molecular formula is C43H38N6O7S2. The van der Waals surface area contributed by atoms with Crippen molar-refractivity contribution in [1.82, 2.24) is 20.2 Å². The summed E-state index contributed by atoms with van der Waals surface area (Å²) < 4.78 is 10.7. The summed E-state index contributed by atoms with van der Waals surface area (Å²) >= 11 is 2.47. The van der Waals surface area contributed by atoms with E-state index in [9.17, 15) is 19.2 Å². The van der Waals surface area contributed by atoms with E-state index < -0.39 is 47.1 Å². The van der Waals surface area contributed by atoms with Crippen molar-refractivity contribution in [3.63, 3.8) is 0 Å². The molecule has 294 valence electrons. The number of allylic oxidation sites excluding steroid dienone is 1. The van der Waals surface area contributed by atoms with Gasteiger partial charge >= 0.3 is 11.9 Å². The number of nitrogens with one attached hydrogen (secondary N) is 1. The lowest BCUT2D eigenvalue weighted by Gasteiger charge is -2.49. The molecule has 0 radical (unpaired) electrons. The predicted octanol–water partition coefficient (Wildman–Crippen LogP) is 6.04. The normalized spacial score (nSPS) is 17.2. The Morgan fingerprint density at radius 3 is 2.14 bits per heavy atom. The lowest BCUT2D eigenvalue weighted by atomic mass is 9.80. The Kier molecular flexibility index (Phi) is 12.1. The van der Waals surface area contributed by atoms with Gasteiger partial charge in [-0.15, -0.1) is 23.1 Å². The van der Waals surface area contributed by atoms with E-state index in [4.69, 9.17) is 20.0 Å². The molecule has 1 saturated heterocycles. The van der Waals surface area contributed by atoms with Gasteiger partial charge in [-0.25, -0.2) is 9.78 Å². The van der Waals surface area contributed by atoms with Gasteiger partial charge in [0.1, 0.15) is 22.8 Å². The number of nitrogens with zero attached hydrogens (tertiary/aromatic N) is 4. The van der Waals surface area contributed by atoms with Gasteiger partial charge in [0.2, 0.25) is 11.9 Å². The second-order valence-electron chi connectivity index (χ2n) is 13.1. The Morgan fingerprint density at radius 1 is 0.948 bits per heavy atom. The van der Waals surface area contributed by atoms with Gasteiger partial charge in [0, 0.05) is 53.6 Å². The lowest BCUT2D eigenvalue weighted by molar-refractivity contribution is -0.184. The van der Waals surface area contributed by atoms with Gasteiger partial charge in [0.05, 0.1) is 0 Å². The van der Waals surface area contributed by atoms with Crippen LogP contribution in [0, 0.1) is 0 Å². The maximum absolute atomic E-state index is 14.4. The van der Waals surface area contributed by atoms with Crippen molar-refractivity contribution in [3.05, 3.63) is 166 Å². The Bertz CT molecular complexity index is 2280. The number of benzene rings is 3. The molecule has 3 aromatic carbocycles. The largest absolute Gasteiger partial charge is 0.425 e. The average Bonchev–Trinajstić information content (AvgIpc) is 3.69. The molecule has 5 aromatic rings. The Balaban J connectivity index is 1.21. The van der Waals surface area contributed by atoms with E-state index in [2.05, 4.69) is 20.4 Å². The Hall–Kier alpha value is -6.58. The van der Waals surface area contributed by atoms with Crippen LogP contribution in [0.3, 0.4) is 0 Å². The van der Waals surface area contributed by atoms with Crippen LogP contribution in [0.15, 0.2) is 143 Å². The number of thiazole rings is 1. The number of hydrogen-bond donors (Lipinski definition) is 2. The van der Waals surface area contributed by atoms with Crippen LogP contribution in [-0.2, 0) is 39.1 Å². The molecule has 7 rings (SSSR count). The number of amides is 2. The molecule has 1 fully saturated rings. The maximum Gasteiger partial charge on any atom is 0.358 e. The third kappa shape index (κ3) is 8.26. The van der Waals surface area contributed by atoms with Gasteiger partial charge in [-0.3, -0.25) is 24.3 Å². The number of ether oxygens (including phenoxy) is 2. The Morgan fingerprint density at radius 2 is 1.59 bits per heavy atom. The van der Waals surface area contributed by atoms with Gasteiger partial charge < -0.3 is 25.4 Å². The van der Waals surface area contributed by atoms with Gasteiger partial charge in [0.15, 0.2) is 10.8 Å². The highest BCUT2D eigenvalue weighted by Crippen LogP contribution is 2.43. The molecule has 15 heteroatoms. The highest BCUT2D eigenvalue weighted by Gasteiger charge is 2.55. The van der Waals surface area contributed by atoms with Crippen LogP contribution < -0.4 is 11.1 Å². The summed E-state index contributed by atoms with van der Waals surface area (Å²) in [6, 6.07) is 31.1. The van der Waals surface area contributed by atoms with Crippen LogP contribution in [0.4, 0.5) is 5.13 Å². The van der Waals surface area contributed by atoms with Crippen LogP contribution in [0.5, 0.6) is 0 Å². The molecule has 2 aliphatic heterocycles. The van der Waals surface area contributed by atoms with Crippen LogP contribution in [0.2, 0.25) is 0 Å². The minimum atomic E-state index is -1.32. The average molecular weight is 815 g/mol. The zero-order valence-corrected chi connectivity index (χ0v) is 33.0. The monoisotopic (exact) mass is 814 g/mol. The zero-order chi connectivity index (χ0) is 40.6. The third-order valence-corrected chi connectivity index (χ3v) is 11.3. The van der Waals surface area contributed by atoms with Gasteiger partial charge in [0.25, 0.3) is 11.8 Å². The number of pyridine rings is 1. The summed E-state index contributed by atoms with van der Waals surface area (Å²) in [7, 11) is 0. The van der Waals surface area contributed by atoms with Crippen molar-refractivity contribution in [2.75, 3.05) is 11.5 Å². The summed E-state index contributed by atoms with van der Waals surface area (Å²) in [5.74, 6) is -2.44. The first kappa shape index (κ1) is 39.6. The topological polar surface area (TPSA) is 175 Å². The van der Waals surface area contributed by atoms with Crippen molar-refractivity contribution >= 4 is 63.8 Å². The fraction of sp³-hybridized carbons (Fsp3) is 0.186. The number of esters is 2. The molecule has 4 heterocycles. The van der Waals surface area contributed by atoms with E-state index in [1.54, 1.807) is 42.9 Å². The zero-order valence-electron chi connectivity index (χ0n) is 31.4. The summed E-state index contributed by atoms with van der Waals surface area (Å²) in [5, 5.41) is 8.46. The molecule has 2 aliphatic rings. The number of anilines is 1. The number of hydrogen-bond acceptors (Lipinski definition) is 13. The molecule has 58 heavy (non-hydrogen) atoms. The number of fused-ring (bicyclic) bond motifs is 1. The van der Waals surface area contributed by atoms with Crippen LogP contribution in [0.1, 0.15) is 48.2 Å². The first-order chi connectivity index (χ1) is 28.2. The fourth-order valence-electron chi connectivity index (χ4n) is 6.53. The van der Waals surface area contributed by atoms with Crippen molar-refractivity contribution in [2.24, 2.45) is 5.16 Å². The second-order valence-corrected chi connectivity index (χ2v) is 15.0. The fourth-order valence-corrected chi connectivity index (χ4v) is 8.40. The number of nitrogen functional groups attached to an aromatic ring is 1. The first-order valence-corrected chi connectivity index (χ1v) is 20.2. The van der Waals surface area contributed by atoms with Crippen LogP contribution in [-0.4, -0.2) is 67.8 Å². The number of carbonyl (C=O) groups excluding carboxylic acids is 4. The summed E-state index contributed by atoms with van der Waals surface area (Å²) in [6.07, 6.45) is 5.65. The van der Waals surface area contributed by atoms with E-state index in [-0.39, 0.29) is 34.4 Å². The first-order valence-electron chi connectivity index (χ1n) is 18.3. The number of aromatic nitrogens is 2. The van der Waals surface area contributed by atoms with E-state index in [0.717, 1.165) is 33.6 Å². The number of nitrogens with two attached hydrogens (primary N) is 1. The number of rotatable bonds is 14. The molecule has 0 bridgehead atoms. The standard InChI is InChI=1S/C43H38N6O7S2/c1-3-34(50)54-27(2)55-41(53)37-29(22-21-28-14-13-23-45-24-28)25-57-40-36(39(52)49(37)40)47-38(51)35(33-26-58-42(44)46-33)48-56-43(30-15-7-4-8-16-30,31-17-9-5-10-18-31)32-19-11-6-12-20-32/h4-24,26-27,36,40H,3,25H2,1-2H3,(H2,44,46)(H,47,51)/b22-21-,48-35?/t27?,36-,40-/m1/s1. The third-order valence-electron chi connectivity index (χ3n) is 9.29. The quantitative estimate of drug-likeness (QED) is 0.0334. The van der Waals surface area contributed by atoms with Gasteiger partial charge in [-0.05, 0) is 17.2 Å². The molecule has 2 amide bonds. The number of β-lactam (4-membered cyclic amide) rings is 1. The molecular weight excluding hydrogens is 777 g/mol. The van der Waals surface area contributed by atoms with Crippen LogP contribution in [0.25, 0.3) is 6.08 Å².